The van der Waals surface area contributed by atoms with Crippen molar-refractivity contribution in [2.75, 3.05) is 36.4 Å². The van der Waals surface area contributed by atoms with E-state index in [-0.39, 0.29) is 11.6 Å². The zero-order valence-electron chi connectivity index (χ0n) is 16.5. The van der Waals surface area contributed by atoms with Crippen molar-refractivity contribution in [2.45, 2.75) is 32.9 Å². The summed E-state index contributed by atoms with van der Waals surface area (Å²) in [6, 6.07) is 18.6. The lowest BCUT2D eigenvalue weighted by molar-refractivity contribution is 0.244. The third-order valence-corrected chi connectivity index (χ3v) is 4.60. The van der Waals surface area contributed by atoms with Gasteiger partial charge in [0.25, 0.3) is 0 Å². The Kier molecular flexibility index (Phi) is 6.01. The number of carbonyl (C=O) groups excluding carboxylic acids is 1. The number of anilines is 2. The van der Waals surface area contributed by atoms with Gasteiger partial charge < -0.3 is 15.5 Å². The van der Waals surface area contributed by atoms with Crippen LogP contribution in [0.5, 0.6) is 0 Å². The van der Waals surface area contributed by atoms with E-state index in [9.17, 15) is 4.79 Å². The van der Waals surface area contributed by atoms with Crippen LogP contribution in [0.2, 0.25) is 0 Å². The van der Waals surface area contributed by atoms with Crippen LogP contribution < -0.4 is 15.5 Å². The van der Waals surface area contributed by atoms with Gasteiger partial charge in [-0.25, -0.2) is 4.79 Å². The number of benzene rings is 2. The fourth-order valence-electron chi connectivity index (χ4n) is 3.26. The predicted molar refractivity (Wildman–Crippen MR) is 112 cm³/mol. The highest BCUT2D eigenvalue weighted by atomic mass is 16.2. The van der Waals surface area contributed by atoms with E-state index in [0.29, 0.717) is 0 Å². The first-order chi connectivity index (χ1) is 12.9. The largest absolute Gasteiger partial charge is 0.369 e. The molecule has 3 rings (SSSR count). The molecule has 2 amide bonds. The number of carbonyl (C=O) groups is 1. The molecule has 2 aromatic carbocycles. The SMILES string of the molecule is CC(C)(C)NC(=O)Nc1ccc(CN2CCN(c3ccccc3)CC2)cc1. The summed E-state index contributed by atoms with van der Waals surface area (Å²) >= 11 is 0. The van der Waals surface area contributed by atoms with Crippen molar-refractivity contribution >= 4 is 17.4 Å². The number of hydrogen-bond acceptors (Lipinski definition) is 3. The molecule has 1 fully saturated rings. The number of hydrogen-bond donors (Lipinski definition) is 2. The van der Waals surface area contributed by atoms with Crippen LogP contribution in [-0.4, -0.2) is 42.6 Å². The number of rotatable bonds is 4. The Morgan fingerprint density at radius 1 is 0.926 bits per heavy atom. The average molecular weight is 367 g/mol. The fourth-order valence-corrected chi connectivity index (χ4v) is 3.26. The van der Waals surface area contributed by atoms with E-state index in [2.05, 4.69) is 62.9 Å². The van der Waals surface area contributed by atoms with E-state index in [0.717, 1.165) is 38.4 Å². The summed E-state index contributed by atoms with van der Waals surface area (Å²) in [6.45, 7) is 11.1. The average Bonchev–Trinajstić information content (AvgIpc) is 2.63. The van der Waals surface area contributed by atoms with E-state index in [1.165, 1.54) is 11.3 Å². The molecule has 0 saturated carbocycles. The van der Waals surface area contributed by atoms with Crippen LogP contribution >= 0.6 is 0 Å². The minimum Gasteiger partial charge on any atom is -0.369 e. The third kappa shape index (κ3) is 6.00. The summed E-state index contributed by atoms with van der Waals surface area (Å²) in [5.41, 5.74) is 3.15. The van der Waals surface area contributed by atoms with Crippen molar-refractivity contribution in [3.63, 3.8) is 0 Å². The lowest BCUT2D eigenvalue weighted by atomic mass is 10.1. The molecule has 0 radical (unpaired) electrons. The van der Waals surface area contributed by atoms with Crippen molar-refractivity contribution in [1.29, 1.82) is 0 Å². The first-order valence-electron chi connectivity index (χ1n) is 9.59. The normalized spacial score (nSPS) is 15.4. The minimum absolute atomic E-state index is 0.174. The maximum atomic E-state index is 11.9. The molecule has 2 N–H and O–H groups in total. The molecule has 0 atom stereocenters. The Morgan fingerprint density at radius 3 is 2.15 bits per heavy atom. The fraction of sp³-hybridized carbons (Fsp3) is 0.409. The van der Waals surface area contributed by atoms with Gasteiger partial charge in [-0.3, -0.25) is 4.90 Å². The van der Waals surface area contributed by atoms with E-state index in [4.69, 9.17) is 0 Å². The zero-order valence-corrected chi connectivity index (χ0v) is 16.5. The van der Waals surface area contributed by atoms with Crippen LogP contribution in [-0.2, 0) is 6.54 Å². The molecule has 1 aliphatic heterocycles. The second-order valence-electron chi connectivity index (χ2n) is 8.12. The molecule has 5 heteroatoms. The van der Waals surface area contributed by atoms with Gasteiger partial charge in [0.15, 0.2) is 0 Å². The topological polar surface area (TPSA) is 47.6 Å². The molecule has 27 heavy (non-hydrogen) atoms. The Bertz CT molecular complexity index is 729. The van der Waals surface area contributed by atoms with Gasteiger partial charge in [0, 0.05) is 49.6 Å². The maximum Gasteiger partial charge on any atom is 0.319 e. The highest BCUT2D eigenvalue weighted by Crippen LogP contribution is 2.17. The number of piperazine rings is 1. The number of nitrogens with one attached hydrogen (secondary N) is 2. The molecule has 0 spiro atoms. The Labute approximate surface area is 162 Å². The Hall–Kier alpha value is -2.53. The van der Waals surface area contributed by atoms with Crippen molar-refractivity contribution in [3.05, 3.63) is 60.2 Å². The van der Waals surface area contributed by atoms with Crippen LogP contribution in [0.3, 0.4) is 0 Å². The van der Waals surface area contributed by atoms with Gasteiger partial charge in [0.05, 0.1) is 0 Å². The molecular formula is C22H30N4O. The zero-order chi connectivity index (χ0) is 19.3. The number of para-hydroxylation sites is 1. The van der Waals surface area contributed by atoms with Crippen molar-refractivity contribution in [1.82, 2.24) is 10.2 Å². The summed E-state index contributed by atoms with van der Waals surface area (Å²) in [5, 5.41) is 5.79. The summed E-state index contributed by atoms with van der Waals surface area (Å²) in [6.07, 6.45) is 0. The monoisotopic (exact) mass is 366 g/mol. The first kappa shape index (κ1) is 19.2. The second-order valence-corrected chi connectivity index (χ2v) is 8.12. The Balaban J connectivity index is 1.47. The second kappa shape index (κ2) is 8.44. The van der Waals surface area contributed by atoms with Crippen LogP contribution in [0.4, 0.5) is 16.2 Å². The first-order valence-corrected chi connectivity index (χ1v) is 9.59. The number of amides is 2. The molecule has 5 nitrogen and oxygen atoms in total. The summed E-state index contributed by atoms with van der Waals surface area (Å²) in [5.74, 6) is 0. The minimum atomic E-state index is -0.244. The highest BCUT2D eigenvalue weighted by molar-refractivity contribution is 5.89. The van der Waals surface area contributed by atoms with E-state index in [1.54, 1.807) is 0 Å². The highest BCUT2D eigenvalue weighted by Gasteiger charge is 2.17. The molecular weight excluding hydrogens is 336 g/mol. The lowest BCUT2D eigenvalue weighted by Crippen LogP contribution is -2.45. The molecule has 2 aromatic rings. The Morgan fingerprint density at radius 2 is 1.56 bits per heavy atom. The van der Waals surface area contributed by atoms with E-state index >= 15 is 0 Å². The molecule has 0 unspecified atom stereocenters. The summed E-state index contributed by atoms with van der Waals surface area (Å²) in [4.78, 5) is 16.9. The number of urea groups is 1. The molecule has 144 valence electrons. The van der Waals surface area contributed by atoms with Gasteiger partial charge in [-0.2, -0.15) is 0 Å². The molecule has 0 aliphatic carbocycles. The molecule has 0 bridgehead atoms. The summed E-state index contributed by atoms with van der Waals surface area (Å²) in [7, 11) is 0. The maximum absolute atomic E-state index is 11.9. The molecule has 0 aromatic heterocycles. The van der Waals surface area contributed by atoms with Gasteiger partial charge in [0.2, 0.25) is 0 Å². The van der Waals surface area contributed by atoms with Crippen LogP contribution in [0, 0.1) is 0 Å². The van der Waals surface area contributed by atoms with Crippen LogP contribution in [0.1, 0.15) is 26.3 Å². The third-order valence-electron chi connectivity index (χ3n) is 4.60. The van der Waals surface area contributed by atoms with Crippen LogP contribution in [0.25, 0.3) is 0 Å². The molecule has 1 heterocycles. The predicted octanol–water partition coefficient (Wildman–Crippen LogP) is 3.93. The van der Waals surface area contributed by atoms with E-state index < -0.39 is 0 Å². The van der Waals surface area contributed by atoms with E-state index in [1.807, 2.05) is 32.9 Å². The van der Waals surface area contributed by atoms with Gasteiger partial charge in [-0.1, -0.05) is 30.3 Å². The van der Waals surface area contributed by atoms with Crippen LogP contribution in [0.15, 0.2) is 54.6 Å². The lowest BCUT2D eigenvalue weighted by Gasteiger charge is -2.36. The van der Waals surface area contributed by atoms with Gasteiger partial charge in [-0.15, -0.1) is 0 Å². The van der Waals surface area contributed by atoms with Crippen molar-refractivity contribution in [3.8, 4) is 0 Å². The quantitative estimate of drug-likeness (QED) is 0.862. The smallest absolute Gasteiger partial charge is 0.319 e. The molecule has 1 aliphatic rings. The van der Waals surface area contributed by atoms with Crippen molar-refractivity contribution in [2.24, 2.45) is 0 Å². The number of nitrogens with zero attached hydrogens (tertiary/aromatic N) is 2. The molecule has 1 saturated heterocycles. The van der Waals surface area contributed by atoms with Gasteiger partial charge in [0.1, 0.15) is 0 Å². The van der Waals surface area contributed by atoms with Gasteiger partial charge >= 0.3 is 6.03 Å². The standard InChI is InChI=1S/C22H30N4O/c1-22(2,3)24-21(27)23-19-11-9-18(10-12-19)17-25-13-15-26(16-14-25)20-7-5-4-6-8-20/h4-12H,13-17H2,1-3H3,(H2,23,24,27). The summed E-state index contributed by atoms with van der Waals surface area (Å²) < 4.78 is 0. The van der Waals surface area contributed by atoms with Gasteiger partial charge in [-0.05, 0) is 50.6 Å². The van der Waals surface area contributed by atoms with Crippen molar-refractivity contribution < 1.29 is 4.79 Å².